The highest BCUT2D eigenvalue weighted by molar-refractivity contribution is 6.04. The van der Waals surface area contributed by atoms with E-state index in [9.17, 15) is 9.59 Å². The van der Waals surface area contributed by atoms with E-state index in [4.69, 9.17) is 4.42 Å². The molecule has 3 rings (SSSR count). The number of carbonyl (C=O) groups excluding carboxylic acids is 2. The number of nitrogens with one attached hydrogen (secondary N) is 2. The summed E-state index contributed by atoms with van der Waals surface area (Å²) in [6, 6.07) is 10.6. The molecule has 1 aromatic heterocycles. The summed E-state index contributed by atoms with van der Waals surface area (Å²) in [7, 11) is 2.02. The topological polar surface area (TPSA) is 74.6 Å². The van der Waals surface area contributed by atoms with Gasteiger partial charge in [-0.1, -0.05) is 12.1 Å². The molecule has 1 atom stereocenters. The Bertz CT molecular complexity index is 727. The molecule has 6 nitrogen and oxygen atoms in total. The Labute approximate surface area is 147 Å². The van der Waals surface area contributed by atoms with Crippen LogP contribution in [0.1, 0.15) is 29.0 Å². The maximum absolute atomic E-state index is 12.5. The zero-order chi connectivity index (χ0) is 17.6. The first kappa shape index (κ1) is 17.2. The first-order valence-corrected chi connectivity index (χ1v) is 8.52. The van der Waals surface area contributed by atoms with Crippen LogP contribution in [-0.4, -0.2) is 36.9 Å². The molecule has 2 aromatic rings. The number of amides is 2. The molecule has 1 aliphatic heterocycles. The maximum Gasteiger partial charge on any atom is 0.253 e. The summed E-state index contributed by atoms with van der Waals surface area (Å²) >= 11 is 0. The molecule has 0 radical (unpaired) electrons. The second kappa shape index (κ2) is 7.98. The fourth-order valence-electron chi connectivity index (χ4n) is 3.08. The third kappa shape index (κ3) is 4.48. The monoisotopic (exact) mass is 341 g/mol. The number of carbonyl (C=O) groups is 2. The van der Waals surface area contributed by atoms with Gasteiger partial charge in [0.2, 0.25) is 5.91 Å². The van der Waals surface area contributed by atoms with Gasteiger partial charge in [0, 0.05) is 6.54 Å². The molecule has 25 heavy (non-hydrogen) atoms. The first-order chi connectivity index (χ1) is 12.1. The number of likely N-dealkylation sites (tertiary alicyclic amines) is 1. The Morgan fingerprint density at radius 2 is 2.08 bits per heavy atom. The highest BCUT2D eigenvalue weighted by atomic mass is 16.3. The van der Waals surface area contributed by atoms with E-state index in [1.165, 1.54) is 0 Å². The van der Waals surface area contributed by atoms with Crippen LogP contribution in [0.2, 0.25) is 0 Å². The fraction of sp³-hybridized carbons (Fsp3) is 0.368. The molecule has 132 valence electrons. The number of furan rings is 1. The van der Waals surface area contributed by atoms with Crippen molar-refractivity contribution in [2.75, 3.05) is 25.5 Å². The van der Waals surface area contributed by atoms with E-state index in [0.29, 0.717) is 23.6 Å². The van der Waals surface area contributed by atoms with Gasteiger partial charge in [-0.05, 0) is 50.7 Å². The van der Waals surface area contributed by atoms with Crippen molar-refractivity contribution in [2.45, 2.75) is 19.4 Å². The number of para-hydroxylation sites is 1. The summed E-state index contributed by atoms with van der Waals surface area (Å²) in [6.45, 7) is 2.08. The van der Waals surface area contributed by atoms with Crippen LogP contribution < -0.4 is 10.6 Å². The zero-order valence-electron chi connectivity index (χ0n) is 14.3. The number of nitrogens with zero attached hydrogens (tertiary/aromatic N) is 1. The molecular weight excluding hydrogens is 318 g/mol. The van der Waals surface area contributed by atoms with E-state index in [2.05, 4.69) is 15.5 Å². The third-order valence-electron chi connectivity index (χ3n) is 4.43. The van der Waals surface area contributed by atoms with E-state index in [1.54, 1.807) is 36.6 Å². The minimum absolute atomic E-state index is 0.0298. The third-order valence-corrected chi connectivity index (χ3v) is 4.43. The van der Waals surface area contributed by atoms with Crippen LogP contribution in [0.5, 0.6) is 0 Å². The number of hydrogen-bond donors (Lipinski definition) is 2. The van der Waals surface area contributed by atoms with Gasteiger partial charge in [-0.3, -0.25) is 9.59 Å². The lowest BCUT2D eigenvalue weighted by Gasteiger charge is -2.28. The van der Waals surface area contributed by atoms with Crippen LogP contribution in [-0.2, 0) is 11.3 Å². The average Bonchev–Trinajstić information content (AvgIpc) is 3.13. The Balaban J connectivity index is 1.65. The zero-order valence-corrected chi connectivity index (χ0v) is 14.3. The van der Waals surface area contributed by atoms with Gasteiger partial charge in [0.05, 0.1) is 30.0 Å². The molecule has 6 heteroatoms. The molecule has 0 unspecified atom stereocenters. The summed E-state index contributed by atoms with van der Waals surface area (Å²) in [5.74, 6) is 0.365. The molecule has 1 aliphatic rings. The van der Waals surface area contributed by atoms with Gasteiger partial charge in [0.1, 0.15) is 5.76 Å². The Hall–Kier alpha value is -2.60. The van der Waals surface area contributed by atoms with Crippen molar-refractivity contribution in [1.29, 1.82) is 0 Å². The van der Waals surface area contributed by atoms with Gasteiger partial charge < -0.3 is 20.0 Å². The van der Waals surface area contributed by atoms with Crippen molar-refractivity contribution >= 4 is 17.5 Å². The summed E-state index contributed by atoms with van der Waals surface area (Å²) in [6.07, 6.45) is 3.46. The summed E-state index contributed by atoms with van der Waals surface area (Å²) in [5, 5.41) is 5.73. The van der Waals surface area contributed by atoms with Crippen LogP contribution in [0.3, 0.4) is 0 Å². The molecule has 1 saturated heterocycles. The van der Waals surface area contributed by atoms with E-state index < -0.39 is 0 Å². The van der Waals surface area contributed by atoms with E-state index >= 15 is 0 Å². The SMILES string of the molecule is CN1CCC[C@@H](C(=O)Nc2ccccc2C(=O)NCc2ccco2)C1. The molecule has 0 spiro atoms. The fourth-order valence-corrected chi connectivity index (χ4v) is 3.08. The average molecular weight is 341 g/mol. The van der Waals surface area contributed by atoms with E-state index in [1.807, 2.05) is 13.1 Å². The minimum atomic E-state index is -0.243. The van der Waals surface area contributed by atoms with Crippen molar-refractivity contribution in [2.24, 2.45) is 5.92 Å². The summed E-state index contributed by atoms with van der Waals surface area (Å²) in [5.41, 5.74) is 0.990. The second-order valence-electron chi connectivity index (χ2n) is 6.40. The number of rotatable bonds is 5. The lowest BCUT2D eigenvalue weighted by molar-refractivity contribution is -0.121. The first-order valence-electron chi connectivity index (χ1n) is 8.52. The van der Waals surface area contributed by atoms with Gasteiger partial charge in [-0.15, -0.1) is 0 Å². The number of anilines is 1. The lowest BCUT2D eigenvalue weighted by atomic mass is 9.97. The number of hydrogen-bond acceptors (Lipinski definition) is 4. The molecule has 2 N–H and O–H groups in total. The molecule has 2 heterocycles. The van der Waals surface area contributed by atoms with Crippen LogP contribution in [0, 0.1) is 5.92 Å². The van der Waals surface area contributed by atoms with Crippen molar-refractivity contribution in [3.05, 3.63) is 54.0 Å². The van der Waals surface area contributed by atoms with Gasteiger partial charge >= 0.3 is 0 Å². The quantitative estimate of drug-likeness (QED) is 0.876. The molecule has 1 aromatic carbocycles. The van der Waals surface area contributed by atoms with Crippen molar-refractivity contribution < 1.29 is 14.0 Å². The van der Waals surface area contributed by atoms with Crippen molar-refractivity contribution in [3.63, 3.8) is 0 Å². The van der Waals surface area contributed by atoms with Crippen LogP contribution in [0.25, 0.3) is 0 Å². The van der Waals surface area contributed by atoms with Crippen molar-refractivity contribution in [3.8, 4) is 0 Å². The Kier molecular flexibility index (Phi) is 5.50. The second-order valence-corrected chi connectivity index (χ2v) is 6.40. The van der Waals surface area contributed by atoms with Gasteiger partial charge in [-0.25, -0.2) is 0 Å². The normalized spacial score (nSPS) is 17.9. The summed E-state index contributed by atoms with van der Waals surface area (Å²) in [4.78, 5) is 27.2. The van der Waals surface area contributed by atoms with E-state index in [0.717, 1.165) is 25.9 Å². The Morgan fingerprint density at radius 1 is 1.24 bits per heavy atom. The summed E-state index contributed by atoms with van der Waals surface area (Å²) < 4.78 is 5.21. The predicted molar refractivity (Wildman–Crippen MR) is 95.2 cm³/mol. The lowest BCUT2D eigenvalue weighted by Crippen LogP contribution is -2.38. The standard InChI is InChI=1S/C19H23N3O3/c1-22-10-4-6-14(13-22)18(23)21-17-9-3-2-8-16(17)19(24)20-12-15-7-5-11-25-15/h2-3,5,7-9,11,14H,4,6,10,12-13H2,1H3,(H,20,24)(H,21,23)/t14-/m1/s1. The smallest absolute Gasteiger partial charge is 0.253 e. The predicted octanol–water partition coefficient (Wildman–Crippen LogP) is 2.49. The maximum atomic E-state index is 12.5. The van der Waals surface area contributed by atoms with Crippen LogP contribution in [0.15, 0.2) is 47.1 Å². The highest BCUT2D eigenvalue weighted by Gasteiger charge is 2.25. The molecule has 0 saturated carbocycles. The van der Waals surface area contributed by atoms with Gasteiger partial charge in [0.25, 0.3) is 5.91 Å². The van der Waals surface area contributed by atoms with Crippen molar-refractivity contribution in [1.82, 2.24) is 10.2 Å². The van der Waals surface area contributed by atoms with Gasteiger partial charge in [-0.2, -0.15) is 0 Å². The number of piperidine rings is 1. The van der Waals surface area contributed by atoms with Gasteiger partial charge in [0.15, 0.2) is 0 Å². The van der Waals surface area contributed by atoms with Crippen LogP contribution >= 0.6 is 0 Å². The van der Waals surface area contributed by atoms with Crippen LogP contribution in [0.4, 0.5) is 5.69 Å². The minimum Gasteiger partial charge on any atom is -0.467 e. The molecular formula is C19H23N3O3. The highest BCUT2D eigenvalue weighted by Crippen LogP contribution is 2.20. The molecule has 2 amide bonds. The Morgan fingerprint density at radius 3 is 2.84 bits per heavy atom. The molecule has 0 bridgehead atoms. The van der Waals surface area contributed by atoms with E-state index in [-0.39, 0.29) is 17.7 Å². The molecule has 1 fully saturated rings. The molecule has 0 aliphatic carbocycles. The largest absolute Gasteiger partial charge is 0.467 e. The number of benzene rings is 1.